The van der Waals surface area contributed by atoms with Crippen LogP contribution in [0.2, 0.25) is 0 Å². The number of piperidine rings is 1. The number of hydrogen-bond acceptors (Lipinski definition) is 3. The molecule has 0 aromatic heterocycles. The Kier molecular flexibility index (Phi) is 6.95. The Balaban J connectivity index is 2.45. The first-order valence-corrected chi connectivity index (χ1v) is 8.01. The Bertz CT molecular complexity index is 348. The van der Waals surface area contributed by atoms with Gasteiger partial charge in [-0.2, -0.15) is 0 Å². The van der Waals surface area contributed by atoms with Gasteiger partial charge in [0.15, 0.2) is 0 Å². The van der Waals surface area contributed by atoms with Gasteiger partial charge >= 0.3 is 12.0 Å². The predicted octanol–water partition coefficient (Wildman–Crippen LogP) is 1.80. The molecule has 0 unspecified atom stereocenters. The van der Waals surface area contributed by atoms with E-state index in [9.17, 15) is 14.7 Å². The zero-order chi connectivity index (χ0) is 15.9. The zero-order valence-corrected chi connectivity index (χ0v) is 13.4. The molecule has 1 aliphatic rings. The Labute approximate surface area is 127 Å². The minimum atomic E-state index is -1.16. The largest absolute Gasteiger partial charge is 0.480 e. The maximum atomic E-state index is 12.1. The van der Waals surface area contributed by atoms with Crippen molar-refractivity contribution in [2.24, 2.45) is 0 Å². The summed E-state index contributed by atoms with van der Waals surface area (Å²) < 4.78 is 0. The van der Waals surface area contributed by atoms with E-state index >= 15 is 0 Å². The molecular formula is C15H29N3O3. The second-order valence-electron chi connectivity index (χ2n) is 5.81. The van der Waals surface area contributed by atoms with Gasteiger partial charge in [0.25, 0.3) is 0 Å². The van der Waals surface area contributed by atoms with Gasteiger partial charge in [0.2, 0.25) is 0 Å². The van der Waals surface area contributed by atoms with Crippen molar-refractivity contribution in [2.45, 2.75) is 64.5 Å². The fourth-order valence-corrected chi connectivity index (χ4v) is 2.84. The first kappa shape index (κ1) is 17.8. The van der Waals surface area contributed by atoms with Crippen LogP contribution in [0.15, 0.2) is 0 Å². The molecule has 0 bridgehead atoms. The van der Waals surface area contributed by atoms with Crippen LogP contribution >= 0.6 is 0 Å². The quantitative estimate of drug-likeness (QED) is 0.669. The fraction of sp³-hybridized carbons (Fsp3) is 0.867. The lowest BCUT2D eigenvalue weighted by atomic mass is 9.93. The highest BCUT2D eigenvalue weighted by Gasteiger charge is 2.36. The van der Waals surface area contributed by atoms with Gasteiger partial charge in [-0.05, 0) is 38.6 Å². The molecule has 0 atom stereocenters. The number of urea groups is 1. The fourth-order valence-electron chi connectivity index (χ4n) is 2.84. The molecule has 1 aliphatic heterocycles. The number of rotatable bonds is 7. The summed E-state index contributed by atoms with van der Waals surface area (Å²) in [5.74, 6) is -0.972. The average molecular weight is 299 g/mol. The molecule has 0 radical (unpaired) electrons. The predicted molar refractivity (Wildman–Crippen MR) is 82.4 cm³/mol. The van der Waals surface area contributed by atoms with E-state index in [-0.39, 0.29) is 12.1 Å². The lowest BCUT2D eigenvalue weighted by Crippen LogP contribution is -2.58. The van der Waals surface area contributed by atoms with Gasteiger partial charge in [0.05, 0.1) is 0 Å². The number of likely N-dealkylation sites (tertiary alicyclic amines) is 1. The van der Waals surface area contributed by atoms with Crippen LogP contribution in [0.1, 0.15) is 52.9 Å². The Morgan fingerprint density at radius 2 is 1.76 bits per heavy atom. The molecule has 0 aromatic rings. The molecule has 1 rings (SSSR count). The second kappa shape index (κ2) is 8.22. The normalized spacial score (nSPS) is 17.5. The highest BCUT2D eigenvalue weighted by Crippen LogP contribution is 2.16. The molecule has 6 nitrogen and oxygen atoms in total. The number of hydrogen-bond donors (Lipinski definition) is 3. The lowest BCUT2D eigenvalue weighted by Gasteiger charge is -2.33. The number of carbonyl (C=O) groups is 2. The van der Waals surface area contributed by atoms with Gasteiger partial charge in [0, 0.05) is 19.1 Å². The van der Waals surface area contributed by atoms with Crippen molar-refractivity contribution in [1.29, 1.82) is 0 Å². The maximum absolute atomic E-state index is 12.1. The molecule has 0 spiro atoms. The number of carboxylic acids is 1. The van der Waals surface area contributed by atoms with E-state index in [1.807, 2.05) is 0 Å². The summed E-state index contributed by atoms with van der Waals surface area (Å²) >= 11 is 0. The molecule has 0 aliphatic carbocycles. The summed E-state index contributed by atoms with van der Waals surface area (Å²) in [5.41, 5.74) is -1.16. The van der Waals surface area contributed by atoms with Crippen LogP contribution in [-0.4, -0.2) is 53.2 Å². The van der Waals surface area contributed by atoms with Gasteiger partial charge < -0.3 is 20.6 Å². The van der Waals surface area contributed by atoms with E-state index in [1.165, 1.54) is 0 Å². The van der Waals surface area contributed by atoms with Crippen molar-refractivity contribution in [2.75, 3.05) is 19.6 Å². The number of nitrogens with one attached hydrogen (secondary N) is 2. The Hall–Kier alpha value is -1.30. The van der Waals surface area contributed by atoms with Crippen molar-refractivity contribution in [3.05, 3.63) is 0 Å². The van der Waals surface area contributed by atoms with Crippen LogP contribution in [0.4, 0.5) is 4.79 Å². The van der Waals surface area contributed by atoms with Gasteiger partial charge in [-0.3, -0.25) is 0 Å². The van der Waals surface area contributed by atoms with Crippen molar-refractivity contribution < 1.29 is 14.7 Å². The first-order chi connectivity index (χ1) is 9.97. The molecule has 6 heteroatoms. The third-order valence-corrected chi connectivity index (χ3v) is 4.43. The summed E-state index contributed by atoms with van der Waals surface area (Å²) in [7, 11) is 0. The lowest BCUT2D eigenvalue weighted by molar-refractivity contribution is -0.144. The summed E-state index contributed by atoms with van der Waals surface area (Å²) in [6.45, 7) is 8.81. The SMILES string of the molecule is CCCN1CCC(NC(=O)NC(CC)(CC)C(=O)O)CC1. The smallest absolute Gasteiger partial charge is 0.329 e. The molecule has 0 saturated carbocycles. The number of carbonyl (C=O) groups excluding carboxylic acids is 1. The van der Waals surface area contributed by atoms with Crippen LogP contribution < -0.4 is 10.6 Å². The zero-order valence-electron chi connectivity index (χ0n) is 13.4. The number of nitrogens with zero attached hydrogens (tertiary/aromatic N) is 1. The topological polar surface area (TPSA) is 81.7 Å². The van der Waals surface area contributed by atoms with Crippen LogP contribution in [0, 0.1) is 0 Å². The summed E-state index contributed by atoms with van der Waals surface area (Å²) in [6.07, 6.45) is 3.74. The number of carboxylic acid groups (broad SMARTS) is 1. The highest BCUT2D eigenvalue weighted by atomic mass is 16.4. The molecule has 1 heterocycles. The van der Waals surface area contributed by atoms with Crippen LogP contribution in [-0.2, 0) is 4.79 Å². The van der Waals surface area contributed by atoms with Crippen LogP contribution in [0.5, 0.6) is 0 Å². The molecular weight excluding hydrogens is 270 g/mol. The van der Waals surface area contributed by atoms with E-state index in [2.05, 4.69) is 22.5 Å². The van der Waals surface area contributed by atoms with Gasteiger partial charge in [0.1, 0.15) is 5.54 Å². The summed E-state index contributed by atoms with van der Waals surface area (Å²) in [6, 6.07) is -0.228. The third kappa shape index (κ3) is 4.88. The van der Waals surface area contributed by atoms with Crippen LogP contribution in [0.3, 0.4) is 0 Å². The van der Waals surface area contributed by atoms with Gasteiger partial charge in [-0.15, -0.1) is 0 Å². The molecule has 1 saturated heterocycles. The van der Waals surface area contributed by atoms with Crippen LogP contribution in [0.25, 0.3) is 0 Å². The van der Waals surface area contributed by atoms with Crippen molar-refractivity contribution >= 4 is 12.0 Å². The van der Waals surface area contributed by atoms with E-state index < -0.39 is 11.5 Å². The van der Waals surface area contributed by atoms with Crippen molar-refractivity contribution in [1.82, 2.24) is 15.5 Å². The van der Waals surface area contributed by atoms with E-state index in [4.69, 9.17) is 0 Å². The van der Waals surface area contributed by atoms with E-state index in [0.29, 0.717) is 12.8 Å². The summed E-state index contributed by atoms with van der Waals surface area (Å²) in [4.78, 5) is 25.8. The van der Waals surface area contributed by atoms with Crippen molar-refractivity contribution in [3.63, 3.8) is 0 Å². The Morgan fingerprint density at radius 3 is 2.19 bits per heavy atom. The third-order valence-electron chi connectivity index (χ3n) is 4.43. The second-order valence-corrected chi connectivity index (χ2v) is 5.81. The molecule has 0 aromatic carbocycles. The average Bonchev–Trinajstić information content (AvgIpc) is 2.47. The van der Waals surface area contributed by atoms with E-state index in [1.54, 1.807) is 13.8 Å². The van der Waals surface area contributed by atoms with Gasteiger partial charge in [-0.1, -0.05) is 20.8 Å². The first-order valence-electron chi connectivity index (χ1n) is 8.01. The maximum Gasteiger partial charge on any atom is 0.329 e. The highest BCUT2D eigenvalue weighted by molar-refractivity contribution is 5.86. The van der Waals surface area contributed by atoms with E-state index in [0.717, 1.165) is 38.9 Å². The number of aliphatic carboxylic acids is 1. The molecule has 2 amide bonds. The standard InChI is InChI=1S/C15H29N3O3/c1-4-9-18-10-7-12(8-11-18)16-14(21)17-15(5-2,6-3)13(19)20/h12H,4-11H2,1-3H3,(H,19,20)(H2,16,17,21). The monoisotopic (exact) mass is 299 g/mol. The molecule has 3 N–H and O–H groups in total. The summed E-state index contributed by atoms with van der Waals surface area (Å²) in [5, 5.41) is 14.9. The minimum Gasteiger partial charge on any atom is -0.480 e. The number of amides is 2. The molecule has 1 fully saturated rings. The van der Waals surface area contributed by atoms with Crippen molar-refractivity contribution in [3.8, 4) is 0 Å². The minimum absolute atomic E-state index is 0.137. The van der Waals surface area contributed by atoms with Gasteiger partial charge in [-0.25, -0.2) is 9.59 Å². The molecule has 122 valence electrons. The Morgan fingerprint density at radius 1 is 1.19 bits per heavy atom. The molecule has 21 heavy (non-hydrogen) atoms.